The van der Waals surface area contributed by atoms with Crippen LogP contribution >= 0.6 is 27.5 Å². The maximum atomic E-state index is 6.15. The maximum absolute atomic E-state index is 6.15. The molecule has 176 valence electrons. The van der Waals surface area contributed by atoms with Gasteiger partial charge in [0.05, 0.1) is 15.7 Å². The van der Waals surface area contributed by atoms with Crippen LogP contribution in [-0.2, 0) is 0 Å². The number of anilines is 2. The molecule has 0 spiro atoms. The summed E-state index contributed by atoms with van der Waals surface area (Å²) in [5, 5.41) is 9.51. The quantitative estimate of drug-likeness (QED) is 0.266. The number of hydrogen-bond donors (Lipinski definition) is 1. The summed E-state index contributed by atoms with van der Waals surface area (Å²) in [5.41, 5.74) is 3.78. The molecule has 7 nitrogen and oxygen atoms in total. The minimum Gasteiger partial charge on any atom is -0.457 e. The van der Waals surface area contributed by atoms with Crippen LogP contribution in [-0.4, -0.2) is 26.2 Å². The largest absolute Gasteiger partial charge is 0.457 e. The highest BCUT2D eigenvalue weighted by atomic mass is 79.9. The van der Waals surface area contributed by atoms with E-state index in [1.165, 1.54) is 12.7 Å². The van der Waals surface area contributed by atoms with Crippen LogP contribution in [0.25, 0.3) is 11.0 Å². The number of aromatic nitrogens is 3. The molecule has 0 unspecified atom stereocenters. The minimum atomic E-state index is 0.351. The monoisotopic (exact) mass is 540 g/mol. The molecule has 3 heterocycles. The zero-order valence-electron chi connectivity index (χ0n) is 19.5. The number of hydrogen-bond acceptors (Lipinski definition) is 7. The molecule has 0 aliphatic carbocycles. The first-order chi connectivity index (χ1) is 16.4. The molecule has 1 aliphatic heterocycles. The summed E-state index contributed by atoms with van der Waals surface area (Å²) in [6.07, 6.45) is 9.92. The number of benzene rings is 1. The first-order valence-electron chi connectivity index (χ1n) is 10.7. The van der Waals surface area contributed by atoms with E-state index in [-0.39, 0.29) is 0 Å². The predicted molar refractivity (Wildman–Crippen MR) is 143 cm³/mol. The van der Waals surface area contributed by atoms with Crippen molar-refractivity contribution in [2.24, 2.45) is 5.10 Å². The fraction of sp³-hybridized carbons (Fsp3) is 0.200. The lowest BCUT2D eigenvalue weighted by molar-refractivity contribution is 0.421. The molecule has 4 rings (SSSR count). The molecule has 0 fully saturated rings. The average molecular weight is 542 g/mol. The summed E-state index contributed by atoms with van der Waals surface area (Å²) in [5.74, 6) is 1.99. The summed E-state index contributed by atoms with van der Waals surface area (Å²) in [6.45, 7) is 12.1. The Morgan fingerprint density at radius 1 is 1.26 bits per heavy atom. The Kier molecular flexibility index (Phi) is 8.79. The minimum absolute atomic E-state index is 0.351. The van der Waals surface area contributed by atoms with Crippen molar-refractivity contribution in [3.63, 3.8) is 0 Å². The second-order valence-corrected chi connectivity index (χ2v) is 8.55. The highest BCUT2D eigenvalue weighted by molar-refractivity contribution is 9.10. The molecule has 34 heavy (non-hydrogen) atoms. The molecule has 0 amide bonds. The molecular weight excluding hydrogens is 516 g/mol. The van der Waals surface area contributed by atoms with Crippen molar-refractivity contribution in [2.75, 3.05) is 5.32 Å². The van der Waals surface area contributed by atoms with Crippen molar-refractivity contribution in [2.45, 2.75) is 34.1 Å². The van der Waals surface area contributed by atoms with Gasteiger partial charge in [-0.1, -0.05) is 38.4 Å². The number of nitrogens with zero attached hydrogens (tertiary/aromatic N) is 5. The van der Waals surface area contributed by atoms with Crippen molar-refractivity contribution in [1.82, 2.24) is 20.0 Å². The van der Waals surface area contributed by atoms with Crippen molar-refractivity contribution >= 4 is 56.3 Å². The number of allylic oxidation sites excluding steroid dienone is 2. The average Bonchev–Trinajstić information content (AvgIpc) is 2.79. The third-order valence-corrected chi connectivity index (χ3v) is 5.53. The predicted octanol–water partition coefficient (Wildman–Crippen LogP) is 7.52. The highest BCUT2D eigenvalue weighted by Gasteiger charge is 2.12. The van der Waals surface area contributed by atoms with Crippen LogP contribution in [0.1, 0.15) is 32.8 Å². The van der Waals surface area contributed by atoms with Crippen molar-refractivity contribution in [3.05, 3.63) is 82.2 Å². The van der Waals surface area contributed by atoms with E-state index in [4.69, 9.17) is 16.3 Å². The van der Waals surface area contributed by atoms with Crippen molar-refractivity contribution < 1.29 is 4.74 Å². The molecule has 1 aromatic carbocycles. The van der Waals surface area contributed by atoms with E-state index in [0.717, 1.165) is 22.7 Å². The van der Waals surface area contributed by atoms with E-state index in [1.54, 1.807) is 17.4 Å². The summed E-state index contributed by atoms with van der Waals surface area (Å²) in [7, 11) is 0. The fourth-order valence-corrected chi connectivity index (χ4v) is 3.40. The number of ether oxygens (including phenoxy) is 1. The van der Waals surface area contributed by atoms with Gasteiger partial charge in [0.25, 0.3) is 0 Å². The summed E-state index contributed by atoms with van der Waals surface area (Å²) >= 11 is 9.52. The second kappa shape index (κ2) is 11.8. The molecule has 0 atom stereocenters. The summed E-state index contributed by atoms with van der Waals surface area (Å²) in [4.78, 5) is 13.0. The van der Waals surface area contributed by atoms with Gasteiger partial charge in [0.2, 0.25) is 0 Å². The Hall–Kier alpha value is -3.23. The topological polar surface area (TPSA) is 75.5 Å². The van der Waals surface area contributed by atoms with E-state index >= 15 is 0 Å². The lowest BCUT2D eigenvalue weighted by Crippen LogP contribution is -2.12. The molecule has 2 aromatic heterocycles. The van der Waals surface area contributed by atoms with Gasteiger partial charge in [-0.15, -0.1) is 0 Å². The highest BCUT2D eigenvalue weighted by Crippen LogP contribution is 2.30. The number of aryl methyl sites for hydroxylation is 1. The van der Waals surface area contributed by atoms with Gasteiger partial charge in [-0.05, 0) is 65.7 Å². The normalized spacial score (nSPS) is 13.1. The molecule has 0 saturated heterocycles. The lowest BCUT2D eigenvalue weighted by Gasteiger charge is -2.20. The molecule has 9 heteroatoms. The summed E-state index contributed by atoms with van der Waals surface area (Å²) < 4.78 is 6.72. The molecule has 0 bridgehead atoms. The van der Waals surface area contributed by atoms with Gasteiger partial charge in [-0.3, -0.25) is 0 Å². The zero-order valence-corrected chi connectivity index (χ0v) is 21.9. The Morgan fingerprint density at radius 3 is 2.71 bits per heavy atom. The standard InChI is InChI=1S/C22H18BrClN6O.C3H8/c1-4-27-30-8-7-16(10-14(30)3)31-19-6-5-15(9-13(19)2)28-22-20-18(25-12-26-22)11-17(23)21(24)29-20;1-3-2/h4-12H,3H2,1-2H3,(H,25,26,28);3H2,1-2H3/b27-4-;. The maximum Gasteiger partial charge on any atom is 0.160 e. The fourth-order valence-electron chi connectivity index (χ4n) is 2.96. The van der Waals surface area contributed by atoms with Gasteiger partial charge in [0.1, 0.15) is 28.5 Å². The number of nitrogens with one attached hydrogen (secondary N) is 1. The first-order valence-corrected chi connectivity index (χ1v) is 11.9. The van der Waals surface area contributed by atoms with Crippen LogP contribution in [0.3, 0.4) is 0 Å². The first kappa shape index (κ1) is 25.4. The van der Waals surface area contributed by atoms with Crippen LogP contribution in [0, 0.1) is 6.92 Å². The van der Waals surface area contributed by atoms with Crippen molar-refractivity contribution in [1.29, 1.82) is 0 Å². The van der Waals surface area contributed by atoms with Gasteiger partial charge >= 0.3 is 0 Å². The summed E-state index contributed by atoms with van der Waals surface area (Å²) in [6, 6.07) is 7.59. The van der Waals surface area contributed by atoms with E-state index in [0.29, 0.717) is 32.2 Å². The number of fused-ring (bicyclic) bond motifs is 1. The number of hydrazone groups is 1. The smallest absolute Gasteiger partial charge is 0.160 e. The van der Waals surface area contributed by atoms with Crippen LogP contribution < -0.4 is 10.1 Å². The molecule has 1 N–H and O–H groups in total. The third-order valence-electron chi connectivity index (χ3n) is 4.41. The Bertz CT molecular complexity index is 1290. The lowest BCUT2D eigenvalue weighted by atomic mass is 10.2. The molecular formula is C25H26BrClN6O. The molecule has 0 radical (unpaired) electrons. The second-order valence-electron chi connectivity index (χ2n) is 7.34. The van der Waals surface area contributed by atoms with Crippen LogP contribution in [0.15, 0.2) is 76.6 Å². The Balaban J connectivity index is 0.00000103. The van der Waals surface area contributed by atoms with Crippen LogP contribution in [0.4, 0.5) is 11.5 Å². The van der Waals surface area contributed by atoms with Gasteiger partial charge in [0, 0.05) is 24.2 Å². The van der Waals surface area contributed by atoms with Gasteiger partial charge < -0.3 is 10.1 Å². The SMILES string of the molecule is C=C1C=C(Oc2ccc(Nc3ncnc4cc(Br)c(Cl)nc34)cc2C)C=CN1/N=C\C.CCC. The van der Waals surface area contributed by atoms with E-state index in [1.807, 2.05) is 50.3 Å². The van der Waals surface area contributed by atoms with E-state index in [9.17, 15) is 0 Å². The van der Waals surface area contributed by atoms with Gasteiger partial charge in [-0.2, -0.15) is 5.10 Å². The van der Waals surface area contributed by atoms with Gasteiger partial charge in [0.15, 0.2) is 5.82 Å². The zero-order chi connectivity index (χ0) is 24.7. The van der Waals surface area contributed by atoms with Gasteiger partial charge in [-0.25, -0.2) is 20.0 Å². The van der Waals surface area contributed by atoms with Crippen molar-refractivity contribution in [3.8, 4) is 5.75 Å². The van der Waals surface area contributed by atoms with Crippen LogP contribution in [0.5, 0.6) is 5.75 Å². The molecule has 0 saturated carbocycles. The van der Waals surface area contributed by atoms with E-state index in [2.05, 4.69) is 61.7 Å². The number of rotatable bonds is 5. The molecule has 3 aromatic rings. The number of pyridine rings is 1. The Morgan fingerprint density at radius 2 is 2.03 bits per heavy atom. The molecule has 1 aliphatic rings. The van der Waals surface area contributed by atoms with E-state index < -0.39 is 0 Å². The third kappa shape index (κ3) is 6.21. The van der Waals surface area contributed by atoms with Crippen LogP contribution in [0.2, 0.25) is 5.15 Å². The Labute approximate surface area is 213 Å². The number of halogens is 2.